The predicted octanol–water partition coefficient (Wildman–Crippen LogP) is 2.33. The lowest BCUT2D eigenvalue weighted by Gasteiger charge is -2.21. The van der Waals surface area contributed by atoms with Crippen molar-refractivity contribution in [1.82, 2.24) is 10.6 Å². The molecule has 1 atom stereocenters. The highest BCUT2D eigenvalue weighted by atomic mass is 16.4. The predicted molar refractivity (Wildman–Crippen MR) is 91.5 cm³/mol. The van der Waals surface area contributed by atoms with Gasteiger partial charge in [0.15, 0.2) is 0 Å². The summed E-state index contributed by atoms with van der Waals surface area (Å²) in [5.74, 6) is -1.57. The first-order valence-corrected chi connectivity index (χ1v) is 7.95. The molecule has 1 rings (SSSR count). The van der Waals surface area contributed by atoms with Crippen LogP contribution in [-0.2, 0) is 16.1 Å². The summed E-state index contributed by atoms with van der Waals surface area (Å²) in [5.41, 5.74) is 1.26. The maximum absolute atomic E-state index is 12.2. The van der Waals surface area contributed by atoms with E-state index in [1.54, 1.807) is 24.3 Å². The molecule has 0 radical (unpaired) electrons. The van der Waals surface area contributed by atoms with Gasteiger partial charge in [-0.1, -0.05) is 32.9 Å². The van der Waals surface area contributed by atoms with Gasteiger partial charge in [-0.05, 0) is 36.0 Å². The Balaban J connectivity index is 2.67. The third kappa shape index (κ3) is 7.26. The number of amides is 2. The smallest absolute Gasteiger partial charge is 0.326 e. The zero-order valence-corrected chi connectivity index (χ0v) is 14.7. The first-order chi connectivity index (χ1) is 11.1. The van der Waals surface area contributed by atoms with Gasteiger partial charge in [0.05, 0.1) is 0 Å². The summed E-state index contributed by atoms with van der Waals surface area (Å²) in [6, 6.07) is 5.80. The number of nitrogens with one attached hydrogen (secondary N) is 2. The monoisotopic (exact) mass is 334 g/mol. The lowest BCUT2D eigenvalue weighted by atomic mass is 9.88. The van der Waals surface area contributed by atoms with Crippen molar-refractivity contribution in [3.63, 3.8) is 0 Å². The fourth-order valence-electron chi connectivity index (χ4n) is 2.08. The molecule has 0 aromatic heterocycles. The molecule has 0 saturated carbocycles. The Morgan fingerprint density at radius 2 is 1.71 bits per heavy atom. The number of rotatable bonds is 7. The van der Waals surface area contributed by atoms with Crippen molar-refractivity contribution < 1.29 is 19.5 Å². The average Bonchev–Trinajstić information content (AvgIpc) is 2.48. The molecule has 6 heteroatoms. The molecule has 3 N–H and O–H groups in total. The van der Waals surface area contributed by atoms with Crippen LogP contribution in [0, 0.1) is 5.41 Å². The van der Waals surface area contributed by atoms with E-state index < -0.39 is 17.9 Å². The van der Waals surface area contributed by atoms with Gasteiger partial charge in [0.25, 0.3) is 5.91 Å². The number of carboxylic acid groups (broad SMARTS) is 1. The van der Waals surface area contributed by atoms with E-state index in [1.807, 2.05) is 20.8 Å². The minimum atomic E-state index is -1.03. The van der Waals surface area contributed by atoms with Crippen molar-refractivity contribution in [3.05, 3.63) is 35.4 Å². The van der Waals surface area contributed by atoms with Gasteiger partial charge in [0, 0.05) is 19.0 Å². The molecule has 1 aromatic carbocycles. The van der Waals surface area contributed by atoms with Gasteiger partial charge in [0.2, 0.25) is 5.91 Å². The van der Waals surface area contributed by atoms with Crippen LogP contribution in [0.2, 0.25) is 0 Å². The van der Waals surface area contributed by atoms with Crippen LogP contribution >= 0.6 is 0 Å². The van der Waals surface area contributed by atoms with Crippen molar-refractivity contribution in [3.8, 4) is 0 Å². The molecule has 6 nitrogen and oxygen atoms in total. The van der Waals surface area contributed by atoms with Gasteiger partial charge in [0.1, 0.15) is 6.04 Å². The average molecular weight is 334 g/mol. The van der Waals surface area contributed by atoms with Crippen LogP contribution in [0.25, 0.3) is 0 Å². The second kappa shape index (κ2) is 8.47. The number of carbonyl (C=O) groups is 3. The van der Waals surface area contributed by atoms with Crippen LogP contribution in [0.1, 0.15) is 56.5 Å². The van der Waals surface area contributed by atoms with Crippen LogP contribution in [0.15, 0.2) is 24.3 Å². The Labute approximate surface area is 142 Å². The largest absolute Gasteiger partial charge is 0.480 e. The third-order valence-electron chi connectivity index (χ3n) is 3.54. The van der Waals surface area contributed by atoms with Crippen molar-refractivity contribution in [2.24, 2.45) is 5.41 Å². The molecular weight excluding hydrogens is 308 g/mol. The second-order valence-electron chi connectivity index (χ2n) is 7.07. The van der Waals surface area contributed by atoms with E-state index in [9.17, 15) is 19.5 Å². The normalized spacial score (nSPS) is 12.3. The Bertz CT molecular complexity index is 588. The SMILES string of the molecule is CC(=O)NCc1ccc(C(=O)NC(CCC(C)(C)C)C(=O)O)cc1. The highest BCUT2D eigenvalue weighted by molar-refractivity contribution is 5.96. The molecule has 132 valence electrons. The molecule has 0 aliphatic heterocycles. The van der Waals surface area contributed by atoms with E-state index in [0.29, 0.717) is 24.9 Å². The van der Waals surface area contributed by atoms with Gasteiger partial charge < -0.3 is 15.7 Å². The van der Waals surface area contributed by atoms with Crippen LogP contribution in [0.4, 0.5) is 0 Å². The second-order valence-corrected chi connectivity index (χ2v) is 7.07. The van der Waals surface area contributed by atoms with E-state index in [1.165, 1.54) is 6.92 Å². The number of hydrogen-bond donors (Lipinski definition) is 3. The first kappa shape index (κ1) is 19.7. The van der Waals surface area contributed by atoms with Gasteiger partial charge in [-0.25, -0.2) is 4.79 Å². The number of benzene rings is 1. The summed E-state index contributed by atoms with van der Waals surface area (Å²) < 4.78 is 0. The maximum atomic E-state index is 12.2. The van der Waals surface area contributed by atoms with E-state index in [2.05, 4.69) is 10.6 Å². The Hall–Kier alpha value is -2.37. The zero-order chi connectivity index (χ0) is 18.3. The summed E-state index contributed by atoms with van der Waals surface area (Å²) in [6.45, 7) is 7.91. The zero-order valence-electron chi connectivity index (χ0n) is 14.7. The number of aliphatic carboxylic acids is 1. The van der Waals surface area contributed by atoms with Crippen LogP contribution in [0.5, 0.6) is 0 Å². The molecule has 0 aliphatic rings. The minimum Gasteiger partial charge on any atom is -0.480 e. The Morgan fingerprint density at radius 1 is 1.12 bits per heavy atom. The van der Waals surface area contributed by atoms with Crippen LogP contribution < -0.4 is 10.6 Å². The fraction of sp³-hybridized carbons (Fsp3) is 0.500. The highest BCUT2D eigenvalue weighted by Gasteiger charge is 2.23. The fourth-order valence-corrected chi connectivity index (χ4v) is 2.08. The number of hydrogen-bond acceptors (Lipinski definition) is 3. The third-order valence-corrected chi connectivity index (χ3v) is 3.54. The standard InChI is InChI=1S/C18H26N2O4/c1-12(21)19-11-13-5-7-14(8-6-13)16(22)20-15(17(23)24)9-10-18(2,3)4/h5-8,15H,9-11H2,1-4H3,(H,19,21)(H,20,22)(H,23,24). The van der Waals surface area contributed by atoms with Gasteiger partial charge in [-0.15, -0.1) is 0 Å². The summed E-state index contributed by atoms with van der Waals surface area (Å²) >= 11 is 0. The van der Waals surface area contributed by atoms with E-state index in [0.717, 1.165) is 5.56 Å². The van der Waals surface area contributed by atoms with Gasteiger partial charge in [-0.2, -0.15) is 0 Å². The lowest BCUT2D eigenvalue weighted by molar-refractivity contribution is -0.139. The van der Waals surface area contributed by atoms with Crippen molar-refractivity contribution in [2.75, 3.05) is 0 Å². The minimum absolute atomic E-state index is 0.00376. The van der Waals surface area contributed by atoms with Crippen LogP contribution in [0.3, 0.4) is 0 Å². The topological polar surface area (TPSA) is 95.5 Å². The quantitative estimate of drug-likeness (QED) is 0.713. The first-order valence-electron chi connectivity index (χ1n) is 7.95. The highest BCUT2D eigenvalue weighted by Crippen LogP contribution is 2.21. The van der Waals surface area contributed by atoms with Crippen molar-refractivity contribution in [1.29, 1.82) is 0 Å². The molecule has 0 spiro atoms. The molecule has 1 unspecified atom stereocenters. The molecule has 0 bridgehead atoms. The Morgan fingerprint density at radius 3 is 2.17 bits per heavy atom. The summed E-state index contributed by atoms with van der Waals surface area (Å²) in [7, 11) is 0. The van der Waals surface area contributed by atoms with Crippen molar-refractivity contribution >= 4 is 17.8 Å². The summed E-state index contributed by atoms with van der Waals surface area (Å²) in [6.07, 6.45) is 1.07. The molecular formula is C18H26N2O4. The summed E-state index contributed by atoms with van der Waals surface area (Å²) in [5, 5.41) is 14.5. The molecule has 0 heterocycles. The molecule has 1 aromatic rings. The lowest BCUT2D eigenvalue weighted by Crippen LogP contribution is -2.41. The molecule has 24 heavy (non-hydrogen) atoms. The maximum Gasteiger partial charge on any atom is 0.326 e. The molecule has 2 amide bonds. The van der Waals surface area contributed by atoms with Crippen LogP contribution in [-0.4, -0.2) is 28.9 Å². The molecule has 0 saturated heterocycles. The van der Waals surface area contributed by atoms with Crippen molar-refractivity contribution in [2.45, 2.75) is 53.1 Å². The van der Waals surface area contributed by atoms with E-state index in [-0.39, 0.29) is 11.3 Å². The molecule has 0 fully saturated rings. The van der Waals surface area contributed by atoms with Gasteiger partial charge in [-0.3, -0.25) is 9.59 Å². The van der Waals surface area contributed by atoms with Gasteiger partial charge >= 0.3 is 5.97 Å². The Kier molecular flexibility index (Phi) is 6.95. The van der Waals surface area contributed by atoms with E-state index >= 15 is 0 Å². The van der Waals surface area contributed by atoms with E-state index in [4.69, 9.17) is 0 Å². The summed E-state index contributed by atoms with van der Waals surface area (Å²) in [4.78, 5) is 34.4. The number of carbonyl (C=O) groups excluding carboxylic acids is 2. The molecule has 0 aliphatic carbocycles. The number of carboxylic acids is 1.